The predicted octanol–water partition coefficient (Wildman–Crippen LogP) is 1.59. The number of carbonyl (C=O) groups is 1. The Morgan fingerprint density at radius 3 is 3.00 bits per heavy atom. The molecule has 18 heavy (non-hydrogen) atoms. The second kappa shape index (κ2) is 5.52. The van der Waals surface area contributed by atoms with Gasteiger partial charge < -0.3 is 5.11 Å². The lowest BCUT2D eigenvalue weighted by atomic mass is 9.92. The van der Waals surface area contributed by atoms with Crippen LogP contribution in [0.3, 0.4) is 0 Å². The summed E-state index contributed by atoms with van der Waals surface area (Å²) in [5.74, 6) is -0.204. The molecule has 0 bridgehead atoms. The summed E-state index contributed by atoms with van der Waals surface area (Å²) in [5, 5.41) is 13.5. The van der Waals surface area contributed by atoms with Gasteiger partial charge in [0.15, 0.2) is 0 Å². The minimum Gasteiger partial charge on any atom is -0.480 e. The lowest BCUT2D eigenvalue weighted by Crippen LogP contribution is -2.46. The van der Waals surface area contributed by atoms with Crippen molar-refractivity contribution < 1.29 is 9.90 Å². The first-order chi connectivity index (χ1) is 8.60. The number of rotatable bonds is 4. The lowest BCUT2D eigenvalue weighted by molar-refractivity contribution is -0.145. The van der Waals surface area contributed by atoms with Crippen LogP contribution in [0.25, 0.3) is 0 Å². The molecule has 0 aromatic carbocycles. The highest BCUT2D eigenvalue weighted by Crippen LogP contribution is 2.24. The number of nitrogens with zero attached hydrogens (tertiary/aromatic N) is 3. The molecular formula is C13H21N3O2. The second-order valence-electron chi connectivity index (χ2n) is 5.16. The highest BCUT2D eigenvalue weighted by Gasteiger charge is 2.31. The summed E-state index contributed by atoms with van der Waals surface area (Å²) in [7, 11) is 0. The first-order valence-corrected chi connectivity index (χ1v) is 6.58. The van der Waals surface area contributed by atoms with E-state index in [1.165, 1.54) is 0 Å². The zero-order valence-corrected chi connectivity index (χ0v) is 11.0. The van der Waals surface area contributed by atoms with Crippen molar-refractivity contribution in [1.82, 2.24) is 14.7 Å². The Labute approximate surface area is 107 Å². The third-order valence-electron chi connectivity index (χ3n) is 3.66. The molecule has 0 saturated carbocycles. The number of aromatic nitrogens is 2. The van der Waals surface area contributed by atoms with E-state index in [4.69, 9.17) is 0 Å². The van der Waals surface area contributed by atoms with Gasteiger partial charge in [0.25, 0.3) is 0 Å². The zero-order valence-electron chi connectivity index (χ0n) is 11.0. The standard InChI is InChI=1S/C13H21N3O2/c1-3-16-9-11(7-14-16)8-15-5-4-10(2)6-12(15)13(17)18/h7,9-10,12H,3-6,8H2,1-2H3,(H,17,18). The van der Waals surface area contributed by atoms with Crippen molar-refractivity contribution in [2.45, 2.75) is 45.8 Å². The first kappa shape index (κ1) is 13.1. The van der Waals surface area contributed by atoms with Crippen LogP contribution in [-0.4, -0.2) is 38.3 Å². The number of hydrogen-bond acceptors (Lipinski definition) is 3. The van der Waals surface area contributed by atoms with E-state index in [2.05, 4.69) is 16.9 Å². The third-order valence-corrected chi connectivity index (χ3v) is 3.66. The fraction of sp³-hybridized carbons (Fsp3) is 0.692. The second-order valence-corrected chi connectivity index (χ2v) is 5.16. The molecule has 2 rings (SSSR count). The zero-order chi connectivity index (χ0) is 13.1. The Morgan fingerprint density at radius 2 is 2.39 bits per heavy atom. The molecule has 1 fully saturated rings. The molecule has 1 N–H and O–H groups in total. The molecule has 0 amide bonds. The van der Waals surface area contributed by atoms with Crippen molar-refractivity contribution in [1.29, 1.82) is 0 Å². The van der Waals surface area contributed by atoms with Crippen molar-refractivity contribution in [3.63, 3.8) is 0 Å². The van der Waals surface area contributed by atoms with E-state index in [0.29, 0.717) is 12.5 Å². The molecule has 1 aliphatic rings. The summed E-state index contributed by atoms with van der Waals surface area (Å²) in [6, 6.07) is -0.348. The van der Waals surface area contributed by atoms with E-state index in [0.717, 1.165) is 31.5 Å². The minimum absolute atomic E-state index is 0.348. The minimum atomic E-state index is -0.704. The highest BCUT2D eigenvalue weighted by atomic mass is 16.4. The van der Waals surface area contributed by atoms with Crippen LogP contribution in [0.5, 0.6) is 0 Å². The topological polar surface area (TPSA) is 58.4 Å². The van der Waals surface area contributed by atoms with Crippen molar-refractivity contribution in [2.75, 3.05) is 6.54 Å². The van der Waals surface area contributed by atoms with Gasteiger partial charge in [-0.2, -0.15) is 5.10 Å². The summed E-state index contributed by atoms with van der Waals surface area (Å²) >= 11 is 0. The molecule has 1 aromatic rings. The third kappa shape index (κ3) is 2.90. The molecule has 0 radical (unpaired) electrons. The monoisotopic (exact) mass is 251 g/mol. The van der Waals surface area contributed by atoms with Crippen LogP contribution in [-0.2, 0) is 17.9 Å². The Hall–Kier alpha value is -1.36. The number of hydrogen-bond donors (Lipinski definition) is 1. The van der Waals surface area contributed by atoms with Crippen LogP contribution in [0, 0.1) is 5.92 Å². The molecule has 1 aromatic heterocycles. The van der Waals surface area contributed by atoms with Gasteiger partial charge in [-0.15, -0.1) is 0 Å². The van der Waals surface area contributed by atoms with Gasteiger partial charge in [-0.1, -0.05) is 6.92 Å². The number of aliphatic carboxylic acids is 1. The summed E-state index contributed by atoms with van der Waals surface area (Å²) in [5.41, 5.74) is 1.10. The van der Waals surface area contributed by atoms with Gasteiger partial charge in [0.2, 0.25) is 0 Å². The molecule has 0 spiro atoms. The molecule has 5 heteroatoms. The van der Waals surface area contributed by atoms with Crippen LogP contribution in [0.4, 0.5) is 0 Å². The van der Waals surface area contributed by atoms with Gasteiger partial charge in [0.1, 0.15) is 6.04 Å². The maximum atomic E-state index is 11.3. The Bertz CT molecular complexity index is 416. The molecule has 1 aliphatic heterocycles. The van der Waals surface area contributed by atoms with Crippen LogP contribution >= 0.6 is 0 Å². The van der Waals surface area contributed by atoms with E-state index in [-0.39, 0.29) is 6.04 Å². The Morgan fingerprint density at radius 1 is 1.61 bits per heavy atom. The normalized spacial score (nSPS) is 25.2. The average molecular weight is 251 g/mol. The van der Waals surface area contributed by atoms with E-state index in [1.807, 2.05) is 24.0 Å². The van der Waals surface area contributed by atoms with E-state index < -0.39 is 5.97 Å². The first-order valence-electron chi connectivity index (χ1n) is 6.58. The molecule has 2 atom stereocenters. The van der Waals surface area contributed by atoms with Gasteiger partial charge in [-0.3, -0.25) is 14.4 Å². The molecular weight excluding hydrogens is 230 g/mol. The van der Waals surface area contributed by atoms with Crippen molar-refractivity contribution in [3.8, 4) is 0 Å². The number of carboxylic acid groups (broad SMARTS) is 1. The number of carboxylic acids is 1. The van der Waals surface area contributed by atoms with E-state index in [1.54, 1.807) is 0 Å². The smallest absolute Gasteiger partial charge is 0.320 e. The molecule has 100 valence electrons. The van der Waals surface area contributed by atoms with Crippen LogP contribution in [0.15, 0.2) is 12.4 Å². The SMILES string of the molecule is CCn1cc(CN2CCC(C)CC2C(=O)O)cn1. The maximum Gasteiger partial charge on any atom is 0.320 e. The van der Waals surface area contributed by atoms with E-state index >= 15 is 0 Å². The fourth-order valence-electron chi connectivity index (χ4n) is 2.53. The number of aryl methyl sites for hydroxylation is 1. The quantitative estimate of drug-likeness (QED) is 0.883. The van der Waals surface area contributed by atoms with Gasteiger partial charge in [-0.25, -0.2) is 0 Å². The Kier molecular flexibility index (Phi) is 4.01. The van der Waals surface area contributed by atoms with Crippen molar-refractivity contribution in [3.05, 3.63) is 18.0 Å². The number of likely N-dealkylation sites (tertiary alicyclic amines) is 1. The predicted molar refractivity (Wildman–Crippen MR) is 68.1 cm³/mol. The van der Waals surface area contributed by atoms with Crippen LogP contribution < -0.4 is 0 Å². The van der Waals surface area contributed by atoms with Gasteiger partial charge in [0, 0.05) is 24.8 Å². The van der Waals surface area contributed by atoms with Crippen molar-refractivity contribution in [2.24, 2.45) is 5.92 Å². The summed E-state index contributed by atoms with van der Waals surface area (Å²) in [4.78, 5) is 13.4. The lowest BCUT2D eigenvalue weighted by Gasteiger charge is -2.35. The van der Waals surface area contributed by atoms with Gasteiger partial charge in [0.05, 0.1) is 6.20 Å². The summed E-state index contributed by atoms with van der Waals surface area (Å²) in [6.07, 6.45) is 5.65. The number of piperidine rings is 1. The summed E-state index contributed by atoms with van der Waals surface area (Å²) in [6.45, 7) is 6.56. The van der Waals surface area contributed by atoms with Gasteiger partial charge >= 0.3 is 5.97 Å². The molecule has 5 nitrogen and oxygen atoms in total. The van der Waals surface area contributed by atoms with Gasteiger partial charge in [-0.05, 0) is 32.2 Å². The van der Waals surface area contributed by atoms with E-state index in [9.17, 15) is 9.90 Å². The maximum absolute atomic E-state index is 11.3. The average Bonchev–Trinajstić information content (AvgIpc) is 2.79. The molecule has 2 heterocycles. The summed E-state index contributed by atoms with van der Waals surface area (Å²) < 4.78 is 1.87. The molecule has 0 aliphatic carbocycles. The molecule has 1 saturated heterocycles. The van der Waals surface area contributed by atoms with Crippen LogP contribution in [0.1, 0.15) is 32.3 Å². The molecule has 2 unspecified atom stereocenters. The highest BCUT2D eigenvalue weighted by molar-refractivity contribution is 5.73. The Balaban J connectivity index is 2.04. The van der Waals surface area contributed by atoms with Crippen LogP contribution in [0.2, 0.25) is 0 Å². The van der Waals surface area contributed by atoms with Crippen molar-refractivity contribution >= 4 is 5.97 Å². The largest absolute Gasteiger partial charge is 0.480 e. The fourth-order valence-corrected chi connectivity index (χ4v) is 2.53.